The quantitative estimate of drug-likeness (QED) is 0.706. The highest BCUT2D eigenvalue weighted by atomic mass is 15.1. The Hall–Kier alpha value is -0.0800. The summed E-state index contributed by atoms with van der Waals surface area (Å²) >= 11 is 0. The van der Waals surface area contributed by atoms with Gasteiger partial charge in [0.1, 0.15) is 0 Å². The summed E-state index contributed by atoms with van der Waals surface area (Å²) in [5, 5.41) is 3.35. The standard InChI is InChI=1S/C11H26N2/c1-10(2,9-13(6)7)8-11(3,4)12-5/h12H,8-9H2,1-7H3. The van der Waals surface area contributed by atoms with Gasteiger partial charge >= 0.3 is 0 Å². The average Bonchev–Trinajstić information content (AvgIpc) is 1.81. The molecule has 0 bridgehead atoms. The van der Waals surface area contributed by atoms with Gasteiger partial charge in [-0.3, -0.25) is 0 Å². The van der Waals surface area contributed by atoms with E-state index in [9.17, 15) is 0 Å². The molecular weight excluding hydrogens is 160 g/mol. The van der Waals surface area contributed by atoms with Crippen molar-refractivity contribution in [3.8, 4) is 0 Å². The third-order valence-electron chi connectivity index (χ3n) is 2.34. The minimum absolute atomic E-state index is 0.236. The summed E-state index contributed by atoms with van der Waals surface area (Å²) in [6, 6.07) is 0. The van der Waals surface area contributed by atoms with Gasteiger partial charge in [-0.25, -0.2) is 0 Å². The first-order valence-corrected chi connectivity index (χ1v) is 5.02. The van der Waals surface area contributed by atoms with Crippen LogP contribution >= 0.6 is 0 Å². The van der Waals surface area contributed by atoms with Crippen LogP contribution in [0.25, 0.3) is 0 Å². The molecule has 0 spiro atoms. The number of nitrogens with one attached hydrogen (secondary N) is 1. The molecule has 0 aromatic carbocycles. The first-order chi connectivity index (χ1) is 5.68. The largest absolute Gasteiger partial charge is 0.315 e. The number of rotatable bonds is 5. The maximum absolute atomic E-state index is 3.35. The first kappa shape index (κ1) is 12.9. The van der Waals surface area contributed by atoms with E-state index in [1.165, 1.54) is 6.42 Å². The van der Waals surface area contributed by atoms with Crippen molar-refractivity contribution >= 4 is 0 Å². The van der Waals surface area contributed by atoms with Gasteiger partial charge in [-0.2, -0.15) is 0 Å². The first-order valence-electron chi connectivity index (χ1n) is 5.02. The molecule has 2 nitrogen and oxygen atoms in total. The van der Waals surface area contributed by atoms with Crippen molar-refractivity contribution in [1.82, 2.24) is 10.2 Å². The van der Waals surface area contributed by atoms with Gasteiger partial charge in [-0.15, -0.1) is 0 Å². The Labute approximate surface area is 83.7 Å². The monoisotopic (exact) mass is 186 g/mol. The summed E-state index contributed by atoms with van der Waals surface area (Å²) in [7, 11) is 6.30. The summed E-state index contributed by atoms with van der Waals surface area (Å²) in [6.45, 7) is 10.3. The van der Waals surface area contributed by atoms with Gasteiger partial charge in [0.2, 0.25) is 0 Å². The van der Waals surface area contributed by atoms with Gasteiger partial charge in [0.25, 0.3) is 0 Å². The van der Waals surface area contributed by atoms with Crippen molar-refractivity contribution in [3.05, 3.63) is 0 Å². The molecule has 0 aromatic heterocycles. The Kier molecular flexibility index (Phi) is 4.40. The van der Waals surface area contributed by atoms with Crippen LogP contribution < -0.4 is 5.32 Å². The Morgan fingerprint density at radius 1 is 1.08 bits per heavy atom. The van der Waals surface area contributed by atoms with Crippen LogP contribution in [-0.4, -0.2) is 38.1 Å². The second-order valence-electron chi connectivity index (χ2n) is 5.71. The van der Waals surface area contributed by atoms with Gasteiger partial charge in [0.05, 0.1) is 0 Å². The predicted molar refractivity (Wildman–Crippen MR) is 60.1 cm³/mol. The van der Waals surface area contributed by atoms with Crippen LogP contribution in [0.1, 0.15) is 34.1 Å². The number of nitrogens with zero attached hydrogens (tertiary/aromatic N) is 1. The molecule has 80 valence electrons. The zero-order chi connectivity index (χ0) is 10.7. The summed E-state index contributed by atoms with van der Waals surface area (Å²) in [4.78, 5) is 2.26. The fourth-order valence-corrected chi connectivity index (χ4v) is 2.20. The van der Waals surface area contributed by atoms with Gasteiger partial charge in [-0.1, -0.05) is 13.8 Å². The van der Waals surface area contributed by atoms with E-state index >= 15 is 0 Å². The molecule has 0 unspecified atom stereocenters. The fourth-order valence-electron chi connectivity index (χ4n) is 2.20. The Bertz CT molecular complexity index is 148. The SMILES string of the molecule is CNC(C)(C)CC(C)(C)CN(C)C. The van der Waals surface area contributed by atoms with Gasteiger partial charge in [0, 0.05) is 12.1 Å². The molecule has 0 saturated heterocycles. The summed E-state index contributed by atoms with van der Waals surface area (Å²) in [5.41, 5.74) is 0.607. The lowest BCUT2D eigenvalue weighted by molar-refractivity contribution is 0.175. The highest BCUT2D eigenvalue weighted by Gasteiger charge is 2.27. The zero-order valence-corrected chi connectivity index (χ0v) is 10.4. The molecule has 1 N–H and O–H groups in total. The summed E-state index contributed by atoms with van der Waals surface area (Å²) < 4.78 is 0. The zero-order valence-electron chi connectivity index (χ0n) is 10.4. The predicted octanol–water partition coefficient (Wildman–Crippen LogP) is 1.96. The molecule has 2 heteroatoms. The van der Waals surface area contributed by atoms with E-state index in [1.807, 2.05) is 7.05 Å². The lowest BCUT2D eigenvalue weighted by atomic mass is 9.80. The smallest absolute Gasteiger partial charge is 0.0127 e. The third-order valence-corrected chi connectivity index (χ3v) is 2.34. The van der Waals surface area contributed by atoms with Gasteiger partial charge in [-0.05, 0) is 46.8 Å². The minimum Gasteiger partial charge on any atom is -0.315 e. The molecule has 0 amide bonds. The molecule has 13 heavy (non-hydrogen) atoms. The van der Waals surface area contributed by atoms with Crippen LogP contribution in [0.15, 0.2) is 0 Å². The van der Waals surface area contributed by atoms with E-state index in [4.69, 9.17) is 0 Å². The van der Waals surface area contributed by atoms with Crippen LogP contribution in [0.2, 0.25) is 0 Å². The topological polar surface area (TPSA) is 15.3 Å². The van der Waals surface area contributed by atoms with Crippen molar-refractivity contribution < 1.29 is 0 Å². The second-order valence-corrected chi connectivity index (χ2v) is 5.71. The average molecular weight is 186 g/mol. The number of hydrogen-bond acceptors (Lipinski definition) is 2. The van der Waals surface area contributed by atoms with Crippen molar-refractivity contribution in [2.45, 2.75) is 39.7 Å². The van der Waals surface area contributed by atoms with E-state index in [1.54, 1.807) is 0 Å². The molecule has 0 radical (unpaired) electrons. The maximum atomic E-state index is 3.35. The van der Waals surface area contributed by atoms with Crippen molar-refractivity contribution in [2.75, 3.05) is 27.7 Å². The van der Waals surface area contributed by atoms with Crippen LogP contribution in [0.5, 0.6) is 0 Å². The molecule has 0 fully saturated rings. The van der Waals surface area contributed by atoms with E-state index in [2.05, 4.69) is 52.0 Å². The second kappa shape index (κ2) is 4.43. The Morgan fingerprint density at radius 2 is 1.54 bits per heavy atom. The van der Waals surface area contributed by atoms with Crippen LogP contribution in [0, 0.1) is 5.41 Å². The third kappa shape index (κ3) is 6.05. The molecule has 0 aliphatic rings. The van der Waals surface area contributed by atoms with E-state index in [0.29, 0.717) is 5.41 Å². The van der Waals surface area contributed by atoms with Crippen LogP contribution in [0.4, 0.5) is 0 Å². The van der Waals surface area contributed by atoms with E-state index in [0.717, 1.165) is 6.54 Å². The van der Waals surface area contributed by atoms with Crippen LogP contribution in [-0.2, 0) is 0 Å². The molecule has 0 aliphatic carbocycles. The highest BCUT2D eigenvalue weighted by Crippen LogP contribution is 2.27. The minimum atomic E-state index is 0.236. The highest BCUT2D eigenvalue weighted by molar-refractivity contribution is 4.85. The summed E-state index contributed by atoms with van der Waals surface area (Å²) in [6.07, 6.45) is 1.19. The van der Waals surface area contributed by atoms with E-state index in [-0.39, 0.29) is 5.54 Å². The summed E-state index contributed by atoms with van der Waals surface area (Å²) in [5.74, 6) is 0. The van der Waals surface area contributed by atoms with Gasteiger partial charge in [0.15, 0.2) is 0 Å². The molecule has 0 saturated carbocycles. The van der Waals surface area contributed by atoms with Crippen LogP contribution in [0.3, 0.4) is 0 Å². The Morgan fingerprint density at radius 3 is 1.85 bits per heavy atom. The molecule has 0 atom stereocenters. The number of hydrogen-bond donors (Lipinski definition) is 1. The molecule has 0 rings (SSSR count). The van der Waals surface area contributed by atoms with Crippen molar-refractivity contribution in [1.29, 1.82) is 0 Å². The lowest BCUT2D eigenvalue weighted by Crippen LogP contribution is -2.43. The Balaban J connectivity index is 4.16. The fraction of sp³-hybridized carbons (Fsp3) is 1.00. The van der Waals surface area contributed by atoms with E-state index < -0.39 is 0 Å². The normalized spacial score (nSPS) is 13.8. The molecule has 0 heterocycles. The van der Waals surface area contributed by atoms with Gasteiger partial charge < -0.3 is 10.2 Å². The maximum Gasteiger partial charge on any atom is 0.0127 e. The lowest BCUT2D eigenvalue weighted by Gasteiger charge is -2.36. The molecule has 0 aliphatic heterocycles. The van der Waals surface area contributed by atoms with Crippen molar-refractivity contribution in [2.24, 2.45) is 5.41 Å². The van der Waals surface area contributed by atoms with Crippen molar-refractivity contribution in [3.63, 3.8) is 0 Å². The molecular formula is C11H26N2. The molecule has 0 aromatic rings.